The second-order valence-corrected chi connectivity index (χ2v) is 9.74. The molecule has 1 aromatic heterocycles. The van der Waals surface area contributed by atoms with Crippen LogP contribution in [-0.4, -0.2) is 37.5 Å². The van der Waals surface area contributed by atoms with Gasteiger partial charge in [0.25, 0.3) is 21.8 Å². The standard InChI is InChI=1S/C25H23N5O4S/c1-17-8-14-21(15-9-17)35(33,34)30(2)20-12-10-19(11-13-20)24(31)28-29-25(32)23-16-22(26-27-23)18-6-4-3-5-7-18/h3-16H,1-2H3,(H,26,27)(H,28,31)(H,29,32). The molecule has 178 valence electrons. The van der Waals surface area contributed by atoms with Gasteiger partial charge in [-0.1, -0.05) is 48.0 Å². The van der Waals surface area contributed by atoms with Gasteiger partial charge in [-0.05, 0) is 49.4 Å². The number of aryl methyl sites for hydroxylation is 1. The molecule has 10 heteroatoms. The number of H-pyrrole nitrogens is 1. The Hall–Kier alpha value is -4.44. The maximum absolute atomic E-state index is 12.9. The van der Waals surface area contributed by atoms with E-state index < -0.39 is 21.8 Å². The van der Waals surface area contributed by atoms with Crippen LogP contribution in [0.5, 0.6) is 0 Å². The molecular formula is C25H23N5O4S. The topological polar surface area (TPSA) is 124 Å². The molecule has 0 spiro atoms. The number of rotatable bonds is 6. The van der Waals surface area contributed by atoms with Crippen LogP contribution in [0.4, 0.5) is 5.69 Å². The Bertz CT molecular complexity index is 1450. The van der Waals surface area contributed by atoms with Crippen molar-refractivity contribution in [3.8, 4) is 11.3 Å². The number of carbonyl (C=O) groups is 2. The molecule has 0 radical (unpaired) electrons. The van der Waals surface area contributed by atoms with Crippen LogP contribution in [0.2, 0.25) is 0 Å². The largest absolute Gasteiger partial charge is 0.287 e. The summed E-state index contributed by atoms with van der Waals surface area (Å²) in [7, 11) is -2.30. The number of aromatic amines is 1. The Morgan fingerprint density at radius 1 is 0.857 bits per heavy atom. The maximum Gasteiger partial charge on any atom is 0.287 e. The van der Waals surface area contributed by atoms with Gasteiger partial charge in [0.05, 0.1) is 16.3 Å². The number of amides is 2. The summed E-state index contributed by atoms with van der Waals surface area (Å²) in [5, 5.41) is 6.75. The summed E-state index contributed by atoms with van der Waals surface area (Å²) < 4.78 is 26.9. The molecule has 0 unspecified atom stereocenters. The summed E-state index contributed by atoms with van der Waals surface area (Å²) in [6.07, 6.45) is 0. The zero-order chi connectivity index (χ0) is 25.0. The van der Waals surface area contributed by atoms with E-state index in [9.17, 15) is 18.0 Å². The Labute approximate surface area is 202 Å². The van der Waals surface area contributed by atoms with Crippen LogP contribution < -0.4 is 15.2 Å². The smallest absolute Gasteiger partial charge is 0.272 e. The fourth-order valence-corrected chi connectivity index (χ4v) is 4.47. The van der Waals surface area contributed by atoms with E-state index in [1.54, 1.807) is 30.3 Å². The highest BCUT2D eigenvalue weighted by molar-refractivity contribution is 7.92. The molecule has 0 saturated heterocycles. The lowest BCUT2D eigenvalue weighted by molar-refractivity contribution is 0.0844. The number of nitrogens with one attached hydrogen (secondary N) is 3. The third kappa shape index (κ3) is 5.22. The number of hydrogen-bond acceptors (Lipinski definition) is 5. The van der Waals surface area contributed by atoms with E-state index in [0.717, 1.165) is 15.4 Å². The highest BCUT2D eigenvalue weighted by atomic mass is 32.2. The molecule has 35 heavy (non-hydrogen) atoms. The van der Waals surface area contributed by atoms with Crippen molar-refractivity contribution in [1.82, 2.24) is 21.0 Å². The van der Waals surface area contributed by atoms with Crippen molar-refractivity contribution in [1.29, 1.82) is 0 Å². The van der Waals surface area contributed by atoms with E-state index in [1.807, 2.05) is 37.3 Å². The fraction of sp³-hybridized carbons (Fsp3) is 0.0800. The first-order chi connectivity index (χ1) is 16.8. The molecule has 2 amide bonds. The third-order valence-electron chi connectivity index (χ3n) is 5.35. The predicted molar refractivity (Wildman–Crippen MR) is 132 cm³/mol. The first-order valence-electron chi connectivity index (χ1n) is 10.6. The molecule has 0 saturated carbocycles. The molecule has 1 heterocycles. The highest BCUT2D eigenvalue weighted by Gasteiger charge is 2.21. The van der Waals surface area contributed by atoms with Crippen LogP contribution in [-0.2, 0) is 10.0 Å². The second-order valence-electron chi connectivity index (χ2n) is 7.77. The van der Waals surface area contributed by atoms with Crippen LogP contribution in [0, 0.1) is 6.92 Å². The van der Waals surface area contributed by atoms with Crippen molar-refractivity contribution in [2.24, 2.45) is 0 Å². The molecule has 0 aliphatic carbocycles. The fourth-order valence-electron chi connectivity index (χ4n) is 3.28. The van der Waals surface area contributed by atoms with Gasteiger partial charge >= 0.3 is 0 Å². The van der Waals surface area contributed by atoms with Gasteiger partial charge in [0.2, 0.25) is 0 Å². The molecule has 4 aromatic rings. The summed E-state index contributed by atoms with van der Waals surface area (Å²) in [6.45, 7) is 1.88. The average molecular weight is 490 g/mol. The first kappa shape index (κ1) is 23.7. The number of nitrogens with zero attached hydrogens (tertiary/aromatic N) is 2. The molecule has 0 aliphatic rings. The highest BCUT2D eigenvalue weighted by Crippen LogP contribution is 2.23. The van der Waals surface area contributed by atoms with Crippen molar-refractivity contribution in [3.63, 3.8) is 0 Å². The first-order valence-corrected chi connectivity index (χ1v) is 12.1. The molecule has 4 rings (SSSR count). The minimum atomic E-state index is -3.75. The SMILES string of the molecule is Cc1ccc(S(=O)(=O)N(C)c2ccc(C(=O)NNC(=O)c3cc(-c4ccccc4)n[nH]3)cc2)cc1. The van der Waals surface area contributed by atoms with Crippen LogP contribution in [0.1, 0.15) is 26.4 Å². The minimum Gasteiger partial charge on any atom is -0.272 e. The summed E-state index contributed by atoms with van der Waals surface area (Å²) in [5.74, 6) is -1.12. The zero-order valence-corrected chi connectivity index (χ0v) is 19.8. The van der Waals surface area contributed by atoms with Gasteiger partial charge in [-0.2, -0.15) is 5.10 Å². The van der Waals surface area contributed by atoms with Crippen LogP contribution in [0.25, 0.3) is 11.3 Å². The Morgan fingerprint density at radius 3 is 2.14 bits per heavy atom. The van der Waals surface area contributed by atoms with E-state index in [1.165, 1.54) is 31.3 Å². The van der Waals surface area contributed by atoms with Crippen LogP contribution >= 0.6 is 0 Å². The lowest BCUT2D eigenvalue weighted by Gasteiger charge is -2.20. The van der Waals surface area contributed by atoms with Crippen molar-refractivity contribution in [3.05, 3.63) is 102 Å². The molecule has 0 bridgehead atoms. The quantitative estimate of drug-likeness (QED) is 0.359. The summed E-state index contributed by atoms with van der Waals surface area (Å²) >= 11 is 0. The van der Waals surface area contributed by atoms with Crippen LogP contribution in [0.15, 0.2) is 89.8 Å². The van der Waals surface area contributed by atoms with E-state index in [0.29, 0.717) is 11.4 Å². The maximum atomic E-state index is 12.9. The summed E-state index contributed by atoms with van der Waals surface area (Å²) in [4.78, 5) is 25.0. The number of anilines is 1. The predicted octanol–water partition coefficient (Wildman–Crippen LogP) is 3.29. The molecule has 0 fully saturated rings. The van der Waals surface area contributed by atoms with Crippen molar-refractivity contribution in [2.75, 3.05) is 11.4 Å². The Kier molecular flexibility index (Phi) is 6.65. The van der Waals surface area contributed by atoms with Crippen molar-refractivity contribution >= 4 is 27.5 Å². The number of hydrazine groups is 1. The normalized spacial score (nSPS) is 11.0. The van der Waals surface area contributed by atoms with Gasteiger partial charge in [-0.3, -0.25) is 29.8 Å². The van der Waals surface area contributed by atoms with Gasteiger partial charge < -0.3 is 0 Å². The summed E-state index contributed by atoms with van der Waals surface area (Å²) in [5.41, 5.74) is 7.89. The van der Waals surface area contributed by atoms with Crippen molar-refractivity contribution in [2.45, 2.75) is 11.8 Å². The van der Waals surface area contributed by atoms with Crippen LogP contribution in [0.3, 0.4) is 0 Å². The van der Waals surface area contributed by atoms with E-state index >= 15 is 0 Å². The molecule has 3 aromatic carbocycles. The number of hydrogen-bond donors (Lipinski definition) is 3. The van der Waals surface area contributed by atoms with Gasteiger partial charge in [0, 0.05) is 18.2 Å². The van der Waals surface area contributed by atoms with Gasteiger partial charge in [0.15, 0.2) is 0 Å². The molecule has 9 nitrogen and oxygen atoms in total. The zero-order valence-electron chi connectivity index (χ0n) is 19.0. The summed E-state index contributed by atoms with van der Waals surface area (Å²) in [6, 6.07) is 23.5. The van der Waals surface area contributed by atoms with Crippen molar-refractivity contribution < 1.29 is 18.0 Å². The lowest BCUT2D eigenvalue weighted by atomic mass is 10.1. The number of aromatic nitrogens is 2. The second kappa shape index (κ2) is 9.82. The van der Waals surface area contributed by atoms with E-state index in [2.05, 4.69) is 21.0 Å². The number of benzene rings is 3. The number of carbonyl (C=O) groups excluding carboxylic acids is 2. The van der Waals surface area contributed by atoms with E-state index in [-0.39, 0.29) is 16.2 Å². The average Bonchev–Trinajstić information content (AvgIpc) is 3.38. The number of sulfonamides is 1. The van der Waals surface area contributed by atoms with Gasteiger partial charge in [-0.25, -0.2) is 8.42 Å². The minimum absolute atomic E-state index is 0.171. The van der Waals surface area contributed by atoms with Gasteiger partial charge in [0.1, 0.15) is 5.69 Å². The Balaban J connectivity index is 1.38. The monoisotopic (exact) mass is 489 g/mol. The van der Waals surface area contributed by atoms with E-state index in [4.69, 9.17) is 0 Å². The molecule has 0 aliphatic heterocycles. The molecule has 0 atom stereocenters. The molecule has 3 N–H and O–H groups in total. The van der Waals surface area contributed by atoms with Gasteiger partial charge in [-0.15, -0.1) is 0 Å². The molecular weight excluding hydrogens is 466 g/mol. The lowest BCUT2D eigenvalue weighted by Crippen LogP contribution is -2.41. The third-order valence-corrected chi connectivity index (χ3v) is 7.15. The Morgan fingerprint density at radius 2 is 1.49 bits per heavy atom.